The molecule has 2 atom stereocenters. The van der Waals surface area contributed by atoms with Crippen molar-refractivity contribution in [3.63, 3.8) is 0 Å². The van der Waals surface area contributed by atoms with Gasteiger partial charge in [-0.25, -0.2) is 4.79 Å². The van der Waals surface area contributed by atoms with Crippen LogP contribution in [-0.2, 0) is 16.1 Å². The summed E-state index contributed by atoms with van der Waals surface area (Å²) in [4.78, 5) is 53.7. The van der Waals surface area contributed by atoms with Gasteiger partial charge < -0.3 is 25.6 Å². The van der Waals surface area contributed by atoms with Crippen LogP contribution in [0.15, 0.2) is 15.8 Å². The molecule has 1 aromatic rings. The molecule has 2 amide bonds. The average molecular weight is 353 g/mol. The molecule has 0 saturated carbocycles. The first-order valence-corrected chi connectivity index (χ1v) is 8.00. The van der Waals surface area contributed by atoms with Gasteiger partial charge in [0.2, 0.25) is 11.8 Å². The molecule has 0 aromatic carbocycles. The summed E-state index contributed by atoms with van der Waals surface area (Å²) in [6.07, 6.45) is 1.31. The summed E-state index contributed by atoms with van der Waals surface area (Å²) < 4.78 is 0.863. The third kappa shape index (κ3) is 3.97. The molecule has 0 spiro atoms. The van der Waals surface area contributed by atoms with Gasteiger partial charge in [0, 0.05) is 37.4 Å². The molecule has 2 heterocycles. The topological polar surface area (TPSA) is 142 Å². The van der Waals surface area contributed by atoms with Crippen LogP contribution in [0.2, 0.25) is 0 Å². The standard InChI is InChI=1S/C15H23N5O5/c1-9-5-17-15(25)20(13(9)23)7-12(22)18-3-4-19(10(2)6-18)14(24)11(16)8-21/h5,10-11,21H,3-4,6-8,16H2,1-2H3,(H,17,25)/t10-,11+/m1/s1. The van der Waals surface area contributed by atoms with Crippen molar-refractivity contribution in [2.75, 3.05) is 26.2 Å². The number of carbonyl (C=O) groups is 2. The Morgan fingerprint density at radius 1 is 1.40 bits per heavy atom. The third-order valence-electron chi connectivity index (χ3n) is 4.31. The van der Waals surface area contributed by atoms with E-state index in [0.717, 1.165) is 4.57 Å². The number of aromatic amines is 1. The monoisotopic (exact) mass is 353 g/mol. The highest BCUT2D eigenvalue weighted by molar-refractivity contribution is 5.82. The Labute approximate surface area is 143 Å². The van der Waals surface area contributed by atoms with E-state index in [1.807, 2.05) is 0 Å². The van der Waals surface area contributed by atoms with Crippen molar-refractivity contribution in [2.24, 2.45) is 5.73 Å². The van der Waals surface area contributed by atoms with Crippen molar-refractivity contribution in [3.05, 3.63) is 32.6 Å². The number of aliphatic hydroxyl groups is 1. The van der Waals surface area contributed by atoms with Crippen molar-refractivity contribution in [2.45, 2.75) is 32.5 Å². The highest BCUT2D eigenvalue weighted by atomic mass is 16.3. The maximum atomic E-state index is 12.4. The van der Waals surface area contributed by atoms with E-state index in [1.54, 1.807) is 13.8 Å². The van der Waals surface area contributed by atoms with Crippen molar-refractivity contribution in [3.8, 4) is 0 Å². The van der Waals surface area contributed by atoms with E-state index in [9.17, 15) is 19.2 Å². The van der Waals surface area contributed by atoms with Crippen LogP contribution in [0.25, 0.3) is 0 Å². The molecule has 25 heavy (non-hydrogen) atoms. The summed E-state index contributed by atoms with van der Waals surface area (Å²) >= 11 is 0. The summed E-state index contributed by atoms with van der Waals surface area (Å²) in [6, 6.07) is -1.26. The quantitative estimate of drug-likeness (QED) is 0.535. The number of piperazine rings is 1. The van der Waals surface area contributed by atoms with Gasteiger partial charge in [0.25, 0.3) is 5.56 Å². The lowest BCUT2D eigenvalue weighted by molar-refractivity contribution is -0.144. The minimum atomic E-state index is -0.978. The zero-order valence-electron chi connectivity index (χ0n) is 14.3. The van der Waals surface area contributed by atoms with E-state index >= 15 is 0 Å². The highest BCUT2D eigenvalue weighted by Gasteiger charge is 2.32. The molecular formula is C15H23N5O5. The van der Waals surface area contributed by atoms with E-state index in [-0.39, 0.29) is 44.0 Å². The minimum absolute atomic E-state index is 0.265. The summed E-state index contributed by atoms with van der Waals surface area (Å²) in [5, 5.41) is 9.00. The first-order valence-electron chi connectivity index (χ1n) is 8.00. The van der Waals surface area contributed by atoms with Gasteiger partial charge in [-0.15, -0.1) is 0 Å². The molecule has 1 aromatic heterocycles. The fourth-order valence-electron chi connectivity index (χ4n) is 2.80. The predicted molar refractivity (Wildman–Crippen MR) is 88.9 cm³/mol. The summed E-state index contributed by atoms with van der Waals surface area (Å²) in [6.45, 7) is 3.34. The number of H-pyrrole nitrogens is 1. The fourth-order valence-corrected chi connectivity index (χ4v) is 2.80. The van der Waals surface area contributed by atoms with Gasteiger partial charge in [0.05, 0.1) is 6.61 Å². The molecule has 1 aliphatic heterocycles. The number of nitrogens with one attached hydrogen (secondary N) is 1. The SMILES string of the molecule is Cc1c[nH]c(=O)n(CC(=O)N2CCN(C(=O)[C@@H](N)CO)[C@H](C)C2)c1=O. The molecular weight excluding hydrogens is 330 g/mol. The molecule has 1 fully saturated rings. The zero-order valence-corrected chi connectivity index (χ0v) is 14.3. The van der Waals surface area contributed by atoms with E-state index in [2.05, 4.69) is 4.98 Å². The van der Waals surface area contributed by atoms with Crippen molar-refractivity contribution in [1.29, 1.82) is 0 Å². The number of nitrogens with two attached hydrogens (primary N) is 1. The van der Waals surface area contributed by atoms with Crippen LogP contribution in [0.5, 0.6) is 0 Å². The van der Waals surface area contributed by atoms with Crippen LogP contribution in [0.3, 0.4) is 0 Å². The van der Waals surface area contributed by atoms with Crippen LogP contribution in [0, 0.1) is 6.92 Å². The molecule has 0 bridgehead atoms. The number of aryl methyl sites for hydroxylation is 1. The van der Waals surface area contributed by atoms with Gasteiger partial charge in [0.15, 0.2) is 0 Å². The van der Waals surface area contributed by atoms with Gasteiger partial charge in [-0.05, 0) is 13.8 Å². The number of aromatic nitrogens is 2. The van der Waals surface area contributed by atoms with E-state index in [4.69, 9.17) is 10.8 Å². The number of hydrogen-bond donors (Lipinski definition) is 3. The smallest absolute Gasteiger partial charge is 0.328 e. The second kappa shape index (κ2) is 7.62. The first-order chi connectivity index (χ1) is 11.8. The van der Waals surface area contributed by atoms with Crippen LogP contribution in [0.4, 0.5) is 0 Å². The molecule has 4 N–H and O–H groups in total. The van der Waals surface area contributed by atoms with E-state index in [1.165, 1.54) is 16.0 Å². The lowest BCUT2D eigenvalue weighted by Crippen LogP contribution is -2.59. The molecule has 0 radical (unpaired) electrons. The lowest BCUT2D eigenvalue weighted by Gasteiger charge is -2.40. The van der Waals surface area contributed by atoms with E-state index < -0.39 is 23.9 Å². The Bertz CT molecular complexity index is 770. The van der Waals surface area contributed by atoms with Gasteiger partial charge in [-0.3, -0.25) is 19.0 Å². The summed E-state index contributed by atoms with van der Waals surface area (Å²) in [5.74, 6) is -0.739. The van der Waals surface area contributed by atoms with Crippen molar-refractivity contribution >= 4 is 11.8 Å². The van der Waals surface area contributed by atoms with Gasteiger partial charge in [-0.2, -0.15) is 0 Å². The van der Waals surface area contributed by atoms with Crippen LogP contribution in [0.1, 0.15) is 12.5 Å². The Hall–Kier alpha value is -2.46. The summed E-state index contributed by atoms with van der Waals surface area (Å²) in [7, 11) is 0. The van der Waals surface area contributed by atoms with Crippen LogP contribution in [-0.4, -0.2) is 74.6 Å². The third-order valence-corrected chi connectivity index (χ3v) is 4.31. The number of hydrogen-bond acceptors (Lipinski definition) is 6. The molecule has 10 nitrogen and oxygen atoms in total. The molecule has 1 aliphatic rings. The Morgan fingerprint density at radius 2 is 2.08 bits per heavy atom. The largest absolute Gasteiger partial charge is 0.394 e. The maximum absolute atomic E-state index is 12.4. The van der Waals surface area contributed by atoms with Crippen LogP contribution >= 0.6 is 0 Å². The second-order valence-corrected chi connectivity index (χ2v) is 6.18. The molecule has 2 rings (SSSR count). The zero-order chi connectivity index (χ0) is 18.7. The minimum Gasteiger partial charge on any atom is -0.394 e. The number of nitrogens with zero attached hydrogens (tertiary/aromatic N) is 3. The highest BCUT2D eigenvalue weighted by Crippen LogP contribution is 2.11. The van der Waals surface area contributed by atoms with Gasteiger partial charge in [-0.1, -0.05) is 0 Å². The van der Waals surface area contributed by atoms with Crippen LogP contribution < -0.4 is 17.0 Å². The van der Waals surface area contributed by atoms with Crippen molar-refractivity contribution in [1.82, 2.24) is 19.4 Å². The first kappa shape index (κ1) is 18.9. The maximum Gasteiger partial charge on any atom is 0.328 e. The fraction of sp³-hybridized carbons (Fsp3) is 0.600. The van der Waals surface area contributed by atoms with Gasteiger partial charge in [0.1, 0.15) is 12.6 Å². The van der Waals surface area contributed by atoms with Gasteiger partial charge >= 0.3 is 5.69 Å². The predicted octanol–water partition coefficient (Wildman–Crippen LogP) is -2.78. The molecule has 10 heteroatoms. The Kier molecular flexibility index (Phi) is 5.75. The molecule has 0 unspecified atom stereocenters. The molecule has 1 saturated heterocycles. The lowest BCUT2D eigenvalue weighted by atomic mass is 10.1. The van der Waals surface area contributed by atoms with Crippen molar-refractivity contribution < 1.29 is 14.7 Å². The normalized spacial score (nSPS) is 19.0. The number of carbonyl (C=O) groups excluding carboxylic acids is 2. The Morgan fingerprint density at radius 3 is 2.68 bits per heavy atom. The molecule has 0 aliphatic carbocycles. The number of aliphatic hydroxyl groups excluding tert-OH is 1. The van der Waals surface area contributed by atoms with E-state index in [0.29, 0.717) is 5.56 Å². The number of amides is 2. The summed E-state index contributed by atoms with van der Waals surface area (Å²) in [5.41, 5.74) is 4.75. The average Bonchev–Trinajstić information content (AvgIpc) is 2.60. The number of rotatable bonds is 4. The Balaban J connectivity index is 2.07. The second-order valence-electron chi connectivity index (χ2n) is 6.18. The molecule has 138 valence electrons.